The second-order valence-electron chi connectivity index (χ2n) is 12.3. The number of anilines is 3. The Labute approximate surface area is 273 Å². The molecule has 4 aromatic rings. The van der Waals surface area contributed by atoms with Crippen LogP contribution in [-0.2, 0) is 19.5 Å². The number of fused-ring (bicyclic) bond motifs is 1. The zero-order chi connectivity index (χ0) is 33.8. The predicted molar refractivity (Wildman–Crippen MR) is 179 cm³/mol. The zero-order valence-corrected chi connectivity index (χ0v) is 27.4. The molecule has 0 saturated carbocycles. The lowest BCUT2D eigenvalue weighted by atomic mass is 9.88. The highest BCUT2D eigenvalue weighted by atomic mass is 32.2. The van der Waals surface area contributed by atoms with E-state index < -0.39 is 39.8 Å². The van der Waals surface area contributed by atoms with Crippen LogP contribution in [0.15, 0.2) is 73.2 Å². The smallest absolute Gasteiger partial charge is 0.418 e. The summed E-state index contributed by atoms with van der Waals surface area (Å²) in [6.45, 7) is 6.89. The van der Waals surface area contributed by atoms with Crippen molar-refractivity contribution in [2.45, 2.75) is 45.3 Å². The first-order valence-corrected chi connectivity index (χ1v) is 17.0. The number of rotatable bonds is 8. The van der Waals surface area contributed by atoms with E-state index in [-0.39, 0.29) is 22.9 Å². The number of carbonyl (C=O) groups is 3. The van der Waals surface area contributed by atoms with Gasteiger partial charge in [-0.2, -0.15) is 0 Å². The summed E-state index contributed by atoms with van der Waals surface area (Å²) >= 11 is 0. The second kappa shape index (κ2) is 13.8. The number of hydrogen-bond acceptors (Lipinski definition) is 9. The molecule has 1 atom stereocenters. The van der Waals surface area contributed by atoms with Crippen molar-refractivity contribution in [3.05, 3.63) is 84.3 Å². The summed E-state index contributed by atoms with van der Waals surface area (Å²) in [6, 6.07) is 14.6. The second-order valence-corrected chi connectivity index (χ2v) is 14.1. The summed E-state index contributed by atoms with van der Waals surface area (Å²) < 4.78 is 39.1. The van der Waals surface area contributed by atoms with E-state index in [9.17, 15) is 22.8 Å². The zero-order valence-electron chi connectivity index (χ0n) is 26.6. The molecule has 5 rings (SSSR count). The number of piperidine rings is 1. The van der Waals surface area contributed by atoms with Gasteiger partial charge in [-0.1, -0.05) is 6.07 Å². The maximum Gasteiger partial charge on any atom is 0.418 e. The lowest BCUT2D eigenvalue weighted by Gasteiger charge is -2.30. The monoisotopic (exact) mass is 662 g/mol. The molecule has 0 spiro atoms. The summed E-state index contributed by atoms with van der Waals surface area (Å²) in [5.41, 5.74) is 1.20. The van der Waals surface area contributed by atoms with Crippen LogP contribution in [0, 0.1) is 5.92 Å². The van der Waals surface area contributed by atoms with Crippen LogP contribution in [0.25, 0.3) is 10.9 Å². The van der Waals surface area contributed by atoms with Crippen molar-refractivity contribution in [3.63, 3.8) is 0 Å². The molecule has 14 heteroatoms. The lowest BCUT2D eigenvalue weighted by molar-refractivity contribution is 0.0543. The molecule has 2 aromatic carbocycles. The summed E-state index contributed by atoms with van der Waals surface area (Å²) in [4.78, 5) is 43.9. The van der Waals surface area contributed by atoms with Crippen LogP contribution < -0.4 is 20.7 Å². The third kappa shape index (κ3) is 8.86. The summed E-state index contributed by atoms with van der Waals surface area (Å²) in [5, 5.41) is 9.53. The maximum absolute atomic E-state index is 13.6. The van der Waals surface area contributed by atoms with Crippen LogP contribution in [-0.4, -0.2) is 61.0 Å². The number of hydrogen-bond donors (Lipinski definition) is 4. The SMILES string of the molecule is CC(C)(C)OC(=O)n1ccc2ccc(NC(=O)c3ccc(NS(C)(=O)=O)cc3NC(=O)OC(c3ccncc3)C3CCNCC3)cc21. The minimum absolute atomic E-state index is 0.0261. The van der Waals surface area contributed by atoms with Gasteiger partial charge in [0.1, 0.15) is 11.7 Å². The van der Waals surface area contributed by atoms with Gasteiger partial charge in [0.2, 0.25) is 10.0 Å². The molecular formula is C33H38N6O7S. The van der Waals surface area contributed by atoms with Crippen molar-refractivity contribution in [3.8, 4) is 0 Å². The van der Waals surface area contributed by atoms with E-state index in [2.05, 4.69) is 25.7 Å². The third-order valence-electron chi connectivity index (χ3n) is 7.43. The number of benzene rings is 2. The van der Waals surface area contributed by atoms with Gasteiger partial charge in [-0.15, -0.1) is 0 Å². The molecule has 1 aliphatic rings. The van der Waals surface area contributed by atoms with Crippen molar-refractivity contribution in [2.75, 3.05) is 34.7 Å². The standard InChI is InChI=1S/C33H38N6O7S/c1-33(2,3)46-32(42)39-18-13-21-5-6-24(20-28(21)39)36-30(40)26-8-7-25(38-47(4,43)44)19-27(26)37-31(41)45-29(22-9-14-34-15-10-22)23-11-16-35-17-12-23/h5-10,13-15,18-20,23,29,35,38H,11-12,16-17H2,1-4H3,(H,36,40)(H,37,41). The maximum atomic E-state index is 13.6. The molecule has 13 nitrogen and oxygen atoms in total. The van der Waals surface area contributed by atoms with Gasteiger partial charge >= 0.3 is 12.2 Å². The Morgan fingerprint density at radius 2 is 1.66 bits per heavy atom. The molecule has 1 aliphatic heterocycles. The fourth-order valence-corrected chi connectivity index (χ4v) is 5.94. The van der Waals surface area contributed by atoms with Crippen molar-refractivity contribution in [2.24, 2.45) is 5.92 Å². The predicted octanol–water partition coefficient (Wildman–Crippen LogP) is 5.73. The minimum atomic E-state index is -3.66. The van der Waals surface area contributed by atoms with Gasteiger partial charge in [-0.3, -0.25) is 24.4 Å². The van der Waals surface area contributed by atoms with E-state index >= 15 is 0 Å². The van der Waals surface area contributed by atoms with E-state index in [0.29, 0.717) is 11.2 Å². The fraction of sp³-hybridized carbons (Fsp3) is 0.333. The number of aromatic nitrogens is 2. The van der Waals surface area contributed by atoms with Gasteiger partial charge in [0.25, 0.3) is 5.91 Å². The number of nitrogens with zero attached hydrogens (tertiary/aromatic N) is 2. The minimum Gasteiger partial charge on any atom is -0.443 e. The normalized spacial score (nSPS) is 14.6. The van der Waals surface area contributed by atoms with Crippen molar-refractivity contribution >= 4 is 56.1 Å². The van der Waals surface area contributed by atoms with Crippen LogP contribution in [0.3, 0.4) is 0 Å². The van der Waals surface area contributed by atoms with Crippen molar-refractivity contribution in [1.29, 1.82) is 0 Å². The van der Waals surface area contributed by atoms with Gasteiger partial charge < -0.3 is 20.1 Å². The van der Waals surface area contributed by atoms with Gasteiger partial charge in [0.05, 0.1) is 28.7 Å². The molecule has 2 aromatic heterocycles. The van der Waals surface area contributed by atoms with Crippen LogP contribution in [0.1, 0.15) is 55.6 Å². The average molecular weight is 663 g/mol. The first kappa shape index (κ1) is 33.4. The number of carbonyl (C=O) groups excluding carboxylic acids is 3. The lowest BCUT2D eigenvalue weighted by Crippen LogP contribution is -2.33. The third-order valence-corrected chi connectivity index (χ3v) is 8.03. The number of nitrogens with one attached hydrogen (secondary N) is 4. The van der Waals surface area contributed by atoms with Crippen LogP contribution in [0.5, 0.6) is 0 Å². The van der Waals surface area contributed by atoms with Crippen LogP contribution in [0.2, 0.25) is 0 Å². The highest BCUT2D eigenvalue weighted by Gasteiger charge is 2.29. The van der Waals surface area contributed by atoms with E-state index in [1.807, 2.05) is 0 Å². The quantitative estimate of drug-likeness (QED) is 0.184. The highest BCUT2D eigenvalue weighted by Crippen LogP contribution is 2.33. The summed E-state index contributed by atoms with van der Waals surface area (Å²) in [6.07, 6.45) is 5.50. The Morgan fingerprint density at radius 1 is 0.957 bits per heavy atom. The molecule has 1 saturated heterocycles. The average Bonchev–Trinajstić information content (AvgIpc) is 3.43. The molecule has 4 N–H and O–H groups in total. The molecule has 0 aliphatic carbocycles. The first-order valence-electron chi connectivity index (χ1n) is 15.1. The molecule has 1 unspecified atom stereocenters. The number of sulfonamides is 1. The summed E-state index contributed by atoms with van der Waals surface area (Å²) in [7, 11) is -3.66. The molecule has 1 fully saturated rings. The molecule has 0 radical (unpaired) electrons. The van der Waals surface area contributed by atoms with Gasteiger partial charge in [-0.05, 0) is 101 Å². The number of amides is 2. The van der Waals surface area contributed by atoms with Gasteiger partial charge in [0.15, 0.2) is 0 Å². The van der Waals surface area contributed by atoms with Crippen molar-refractivity contribution < 1.29 is 32.3 Å². The van der Waals surface area contributed by atoms with Gasteiger partial charge in [-0.25, -0.2) is 18.0 Å². The van der Waals surface area contributed by atoms with Gasteiger partial charge in [0, 0.05) is 35.6 Å². The molecule has 3 heterocycles. The van der Waals surface area contributed by atoms with E-state index in [0.717, 1.165) is 43.1 Å². The van der Waals surface area contributed by atoms with E-state index in [4.69, 9.17) is 9.47 Å². The fourth-order valence-electron chi connectivity index (χ4n) is 5.39. The largest absolute Gasteiger partial charge is 0.443 e. The first-order chi connectivity index (χ1) is 22.3. The number of ether oxygens (including phenoxy) is 2. The topological polar surface area (TPSA) is 170 Å². The Bertz CT molecular complexity index is 1880. The Hall–Kier alpha value is -4.95. The highest BCUT2D eigenvalue weighted by molar-refractivity contribution is 7.92. The molecule has 2 amide bonds. The molecule has 0 bridgehead atoms. The Balaban J connectivity index is 1.41. The van der Waals surface area contributed by atoms with Crippen LogP contribution in [0.4, 0.5) is 26.7 Å². The Morgan fingerprint density at radius 3 is 2.34 bits per heavy atom. The van der Waals surface area contributed by atoms with E-state index in [1.54, 1.807) is 75.8 Å². The molecule has 248 valence electrons. The summed E-state index contributed by atoms with van der Waals surface area (Å²) in [5.74, 6) is -0.537. The molecule has 47 heavy (non-hydrogen) atoms. The number of pyridine rings is 1. The van der Waals surface area contributed by atoms with E-state index in [1.165, 1.54) is 22.8 Å². The molecular weight excluding hydrogens is 624 g/mol. The Kier molecular flexibility index (Phi) is 9.82. The van der Waals surface area contributed by atoms with Crippen molar-refractivity contribution in [1.82, 2.24) is 14.9 Å². The van der Waals surface area contributed by atoms with Crippen LogP contribution >= 0.6 is 0 Å².